The number of nitrogens with one attached hydrogen (secondary N) is 3. The van der Waals surface area contributed by atoms with Gasteiger partial charge in [0.1, 0.15) is 10.8 Å². The van der Waals surface area contributed by atoms with E-state index in [1.807, 2.05) is 13.8 Å². The Morgan fingerprint density at radius 1 is 1.25 bits per heavy atom. The zero-order valence-electron chi connectivity index (χ0n) is 15.7. The summed E-state index contributed by atoms with van der Waals surface area (Å²) < 4.78 is 10.5. The van der Waals surface area contributed by atoms with Crippen LogP contribution >= 0.6 is 11.3 Å². The first-order chi connectivity index (χ1) is 13.4. The second-order valence-electron chi connectivity index (χ2n) is 6.43. The molecule has 1 atom stereocenters. The van der Waals surface area contributed by atoms with Crippen molar-refractivity contribution in [3.63, 3.8) is 0 Å². The molecule has 1 aromatic carbocycles. The van der Waals surface area contributed by atoms with Crippen LogP contribution in [0.4, 0.5) is 15.5 Å². The van der Waals surface area contributed by atoms with E-state index in [1.165, 1.54) is 17.4 Å². The van der Waals surface area contributed by atoms with Crippen molar-refractivity contribution in [2.75, 3.05) is 17.2 Å². The van der Waals surface area contributed by atoms with Crippen LogP contribution in [0.5, 0.6) is 5.75 Å². The number of fused-ring (bicyclic) bond motifs is 1. The number of anilines is 2. The van der Waals surface area contributed by atoms with Gasteiger partial charge in [-0.25, -0.2) is 4.79 Å². The quantitative estimate of drug-likeness (QED) is 0.703. The Balaban J connectivity index is 1.70. The zero-order chi connectivity index (χ0) is 20.3. The molecular formula is C19H21N3O5S. The van der Waals surface area contributed by atoms with E-state index in [2.05, 4.69) is 16.0 Å². The molecule has 0 spiro atoms. The Labute approximate surface area is 166 Å². The number of benzene rings is 1. The van der Waals surface area contributed by atoms with Gasteiger partial charge in [0.05, 0.1) is 17.9 Å². The van der Waals surface area contributed by atoms with Gasteiger partial charge in [0.25, 0.3) is 11.8 Å². The fourth-order valence-corrected chi connectivity index (χ4v) is 3.38. The molecule has 0 fully saturated rings. The van der Waals surface area contributed by atoms with Crippen molar-refractivity contribution in [2.24, 2.45) is 5.92 Å². The van der Waals surface area contributed by atoms with Crippen LogP contribution in [0, 0.1) is 5.92 Å². The summed E-state index contributed by atoms with van der Waals surface area (Å²) in [7, 11) is 0. The van der Waals surface area contributed by atoms with E-state index in [-0.39, 0.29) is 30.2 Å². The molecule has 0 saturated carbocycles. The van der Waals surface area contributed by atoms with Crippen LogP contribution in [0.2, 0.25) is 0 Å². The van der Waals surface area contributed by atoms with E-state index in [0.29, 0.717) is 16.3 Å². The number of ether oxygens (including phenoxy) is 2. The van der Waals surface area contributed by atoms with Gasteiger partial charge in [0, 0.05) is 11.5 Å². The van der Waals surface area contributed by atoms with Crippen LogP contribution in [0.1, 0.15) is 41.5 Å². The molecule has 148 valence electrons. The average molecular weight is 403 g/mol. The van der Waals surface area contributed by atoms with Crippen molar-refractivity contribution in [2.45, 2.75) is 27.0 Å². The van der Waals surface area contributed by atoms with E-state index in [1.54, 1.807) is 30.5 Å². The Bertz CT molecular complexity index is 909. The predicted octanol–water partition coefficient (Wildman–Crippen LogP) is 3.67. The summed E-state index contributed by atoms with van der Waals surface area (Å²) in [6.07, 6.45) is -0.968. The minimum atomic E-state index is -0.833. The summed E-state index contributed by atoms with van der Waals surface area (Å²) in [6, 6.07) is 6.63. The van der Waals surface area contributed by atoms with Crippen molar-refractivity contribution in [3.05, 3.63) is 40.8 Å². The number of imide groups is 1. The number of amides is 3. The van der Waals surface area contributed by atoms with E-state index < -0.39 is 12.0 Å². The van der Waals surface area contributed by atoms with Crippen LogP contribution in [0.3, 0.4) is 0 Å². The van der Waals surface area contributed by atoms with Gasteiger partial charge in [-0.05, 0) is 36.6 Å². The maximum atomic E-state index is 12.6. The number of thiophene rings is 1. The van der Waals surface area contributed by atoms with Gasteiger partial charge in [-0.2, -0.15) is 0 Å². The van der Waals surface area contributed by atoms with Gasteiger partial charge in [-0.3, -0.25) is 14.9 Å². The fourth-order valence-electron chi connectivity index (χ4n) is 2.60. The van der Waals surface area contributed by atoms with E-state index >= 15 is 0 Å². The molecule has 1 aromatic heterocycles. The summed E-state index contributed by atoms with van der Waals surface area (Å²) >= 11 is 1.19. The summed E-state index contributed by atoms with van der Waals surface area (Å²) in [4.78, 5) is 36.3. The first kappa shape index (κ1) is 19.7. The number of carbonyl (C=O) groups is 3. The third-order valence-corrected chi connectivity index (χ3v) is 4.86. The smallest absolute Gasteiger partial charge is 0.414 e. The van der Waals surface area contributed by atoms with Crippen LogP contribution < -0.4 is 20.7 Å². The molecule has 0 saturated heterocycles. The van der Waals surface area contributed by atoms with E-state index in [4.69, 9.17) is 9.47 Å². The number of hydrogen-bond acceptors (Lipinski definition) is 7. The molecule has 2 aromatic rings. The Kier molecular flexibility index (Phi) is 5.84. The molecule has 2 heterocycles. The highest BCUT2D eigenvalue weighted by molar-refractivity contribution is 7.14. The lowest BCUT2D eigenvalue weighted by Gasteiger charge is -2.14. The highest BCUT2D eigenvalue weighted by Crippen LogP contribution is 2.35. The molecule has 1 unspecified atom stereocenters. The molecule has 3 amide bonds. The first-order valence-electron chi connectivity index (χ1n) is 8.83. The van der Waals surface area contributed by atoms with Crippen molar-refractivity contribution in [3.8, 4) is 5.75 Å². The van der Waals surface area contributed by atoms with Crippen molar-refractivity contribution in [1.82, 2.24) is 5.32 Å². The molecule has 3 rings (SSSR count). The molecule has 0 aliphatic carbocycles. The number of rotatable bonds is 5. The molecule has 1 aliphatic rings. The third kappa shape index (κ3) is 4.25. The van der Waals surface area contributed by atoms with Crippen molar-refractivity contribution >= 4 is 39.9 Å². The minimum absolute atomic E-state index is 0.135. The molecule has 1 aliphatic heterocycles. The van der Waals surface area contributed by atoms with Gasteiger partial charge in [-0.1, -0.05) is 13.8 Å². The van der Waals surface area contributed by atoms with Gasteiger partial charge < -0.3 is 20.1 Å². The monoisotopic (exact) mass is 403 g/mol. The third-order valence-electron chi connectivity index (χ3n) is 4.03. The molecule has 8 nitrogen and oxygen atoms in total. The van der Waals surface area contributed by atoms with Crippen molar-refractivity contribution in [1.29, 1.82) is 0 Å². The number of carbonyl (C=O) groups excluding carboxylic acids is 3. The summed E-state index contributed by atoms with van der Waals surface area (Å²) in [5.41, 5.74) is 1.36. The first-order valence-corrected chi connectivity index (χ1v) is 9.71. The van der Waals surface area contributed by atoms with Crippen LogP contribution in [0.25, 0.3) is 0 Å². The van der Waals surface area contributed by atoms with Crippen LogP contribution in [0.15, 0.2) is 29.6 Å². The van der Waals surface area contributed by atoms with Crippen molar-refractivity contribution < 1.29 is 23.9 Å². The zero-order valence-corrected chi connectivity index (χ0v) is 16.5. The average Bonchev–Trinajstić information content (AvgIpc) is 3.27. The normalized spacial score (nSPS) is 14.6. The largest absolute Gasteiger partial charge is 0.468 e. The predicted molar refractivity (Wildman–Crippen MR) is 106 cm³/mol. The lowest BCUT2D eigenvalue weighted by Crippen LogP contribution is -2.31. The van der Waals surface area contributed by atoms with Gasteiger partial charge in [-0.15, -0.1) is 11.3 Å². The van der Waals surface area contributed by atoms with E-state index in [0.717, 1.165) is 5.69 Å². The lowest BCUT2D eigenvalue weighted by molar-refractivity contribution is 0.0926. The minimum Gasteiger partial charge on any atom is -0.468 e. The Hall–Kier alpha value is -3.07. The number of alkyl carbamates (subject to hydrolysis) is 1. The summed E-state index contributed by atoms with van der Waals surface area (Å²) in [6.45, 7) is 5.87. The Morgan fingerprint density at radius 3 is 2.75 bits per heavy atom. The lowest BCUT2D eigenvalue weighted by atomic mass is 10.1. The molecule has 0 bridgehead atoms. The molecular weight excluding hydrogens is 382 g/mol. The summed E-state index contributed by atoms with van der Waals surface area (Å²) in [5.74, 6) is -0.0406. The second kappa shape index (κ2) is 8.30. The molecule has 3 N–H and O–H groups in total. The van der Waals surface area contributed by atoms with Gasteiger partial charge in [0.2, 0.25) is 0 Å². The van der Waals surface area contributed by atoms with Gasteiger partial charge >= 0.3 is 6.09 Å². The molecule has 0 radical (unpaired) electrons. The molecule has 9 heteroatoms. The highest BCUT2D eigenvalue weighted by Gasteiger charge is 2.25. The van der Waals surface area contributed by atoms with E-state index in [9.17, 15) is 14.4 Å². The SMILES string of the molecule is CCOC(=O)NC(=O)c1ccsc1NC(=O)c1ccc2c(c1)NC(C(C)C)O2. The second-order valence-corrected chi connectivity index (χ2v) is 7.35. The topological polar surface area (TPSA) is 106 Å². The Morgan fingerprint density at radius 2 is 2.04 bits per heavy atom. The standard InChI is InChI=1S/C19H21N3O5S/c1-4-26-19(25)22-16(24)12-7-8-28-18(12)21-15(23)11-5-6-14-13(9-11)20-17(27-14)10(2)3/h5-10,17,20H,4H2,1-3H3,(H,21,23)(H,22,24,25). The fraction of sp³-hybridized carbons (Fsp3) is 0.316. The maximum absolute atomic E-state index is 12.6. The number of hydrogen-bond donors (Lipinski definition) is 3. The maximum Gasteiger partial charge on any atom is 0.414 e. The summed E-state index contributed by atoms with van der Waals surface area (Å²) in [5, 5.41) is 10.1. The van der Waals surface area contributed by atoms with Gasteiger partial charge in [0.15, 0.2) is 6.23 Å². The van der Waals surface area contributed by atoms with Crippen LogP contribution in [-0.2, 0) is 4.74 Å². The highest BCUT2D eigenvalue weighted by atomic mass is 32.1. The van der Waals surface area contributed by atoms with Crippen LogP contribution in [-0.4, -0.2) is 30.7 Å². The molecule has 28 heavy (non-hydrogen) atoms.